The molecule has 0 saturated carbocycles. The van der Waals surface area contributed by atoms with E-state index in [1.165, 1.54) is 12.8 Å². The van der Waals surface area contributed by atoms with Gasteiger partial charge in [0, 0.05) is 30.4 Å². The molecule has 0 bridgehead atoms. The zero-order valence-corrected chi connectivity index (χ0v) is 16.9. The highest BCUT2D eigenvalue weighted by Crippen LogP contribution is 2.35. The summed E-state index contributed by atoms with van der Waals surface area (Å²) in [5, 5.41) is 11.6. The molecular formula is C23H22N4O4. The first-order chi connectivity index (χ1) is 15.2. The molecule has 0 atom stereocenters. The number of rotatable bonds is 6. The number of carbonyl (C=O) groups excluding carboxylic acids is 1. The quantitative estimate of drug-likeness (QED) is 0.656. The number of fused-ring (bicyclic) bond motifs is 1. The van der Waals surface area contributed by atoms with E-state index in [4.69, 9.17) is 14.2 Å². The van der Waals surface area contributed by atoms with Crippen LogP contribution in [0.5, 0.6) is 17.2 Å². The number of aromatic nitrogens is 2. The molecule has 5 rings (SSSR count). The molecule has 3 heterocycles. The molecule has 0 radical (unpaired) electrons. The first kappa shape index (κ1) is 19.2. The molecule has 1 saturated heterocycles. The average molecular weight is 418 g/mol. The van der Waals surface area contributed by atoms with E-state index in [9.17, 15) is 4.79 Å². The molecule has 8 nitrogen and oxygen atoms in total. The van der Waals surface area contributed by atoms with Gasteiger partial charge in [-0.1, -0.05) is 12.1 Å². The van der Waals surface area contributed by atoms with E-state index in [0.29, 0.717) is 22.9 Å². The molecular weight excluding hydrogens is 396 g/mol. The minimum atomic E-state index is -0.259. The molecule has 1 fully saturated rings. The summed E-state index contributed by atoms with van der Waals surface area (Å²) in [5.41, 5.74) is 2.31. The molecule has 0 spiro atoms. The van der Waals surface area contributed by atoms with Crippen molar-refractivity contribution >= 4 is 17.4 Å². The van der Waals surface area contributed by atoms with Crippen LogP contribution in [0.3, 0.4) is 0 Å². The monoisotopic (exact) mass is 418 g/mol. The fourth-order valence-electron chi connectivity index (χ4n) is 3.66. The lowest BCUT2D eigenvalue weighted by Crippen LogP contribution is -2.20. The maximum atomic E-state index is 12.3. The van der Waals surface area contributed by atoms with E-state index < -0.39 is 0 Å². The highest BCUT2D eigenvalue weighted by atomic mass is 16.7. The number of nitrogens with one attached hydrogen (secondary N) is 1. The number of ether oxygens (including phenoxy) is 3. The molecule has 0 unspecified atom stereocenters. The average Bonchev–Trinajstić information content (AvgIpc) is 3.50. The molecule has 31 heavy (non-hydrogen) atoms. The van der Waals surface area contributed by atoms with Gasteiger partial charge in [-0.05, 0) is 49.2 Å². The van der Waals surface area contributed by atoms with E-state index in [1.807, 2.05) is 36.4 Å². The largest absolute Gasteiger partial charge is 0.484 e. The summed E-state index contributed by atoms with van der Waals surface area (Å²) in [4.78, 5) is 14.6. The molecule has 2 aliphatic heterocycles. The summed E-state index contributed by atoms with van der Waals surface area (Å²) >= 11 is 0. The minimum absolute atomic E-state index is 0.117. The van der Waals surface area contributed by atoms with E-state index in [0.717, 1.165) is 30.2 Å². The number of carbonyl (C=O) groups is 1. The second-order valence-electron chi connectivity index (χ2n) is 7.40. The number of nitrogens with zero attached hydrogens (tertiary/aromatic N) is 3. The standard InChI is InChI=1S/C23H22N4O4/c28-23(14-29-18-6-8-20-21(13-18)31-15-30-20)24-17-5-3-4-16(12-17)19-7-9-22(26-25-19)27-10-1-2-11-27/h3-9,12-13H,1-2,10-11,14-15H2,(H,24,28). The van der Waals surface area contributed by atoms with Crippen molar-refractivity contribution < 1.29 is 19.0 Å². The summed E-state index contributed by atoms with van der Waals surface area (Å²) in [6.45, 7) is 2.14. The van der Waals surface area contributed by atoms with Crippen LogP contribution in [-0.2, 0) is 4.79 Å². The van der Waals surface area contributed by atoms with Gasteiger partial charge in [-0.15, -0.1) is 10.2 Å². The van der Waals surface area contributed by atoms with Gasteiger partial charge in [0.05, 0.1) is 5.69 Å². The van der Waals surface area contributed by atoms with Gasteiger partial charge in [0.15, 0.2) is 23.9 Å². The smallest absolute Gasteiger partial charge is 0.262 e. The molecule has 0 aliphatic carbocycles. The van der Waals surface area contributed by atoms with Crippen molar-refractivity contribution in [2.75, 3.05) is 36.7 Å². The molecule has 3 aromatic rings. The van der Waals surface area contributed by atoms with Crippen LogP contribution in [0.25, 0.3) is 11.3 Å². The minimum Gasteiger partial charge on any atom is -0.484 e. The molecule has 158 valence electrons. The number of hydrogen-bond acceptors (Lipinski definition) is 7. The lowest BCUT2D eigenvalue weighted by Gasteiger charge is -2.15. The molecule has 1 amide bonds. The van der Waals surface area contributed by atoms with Gasteiger partial charge in [-0.2, -0.15) is 0 Å². The first-order valence-corrected chi connectivity index (χ1v) is 10.3. The predicted molar refractivity (Wildman–Crippen MR) is 116 cm³/mol. The third-order valence-electron chi connectivity index (χ3n) is 5.24. The highest BCUT2D eigenvalue weighted by Gasteiger charge is 2.15. The Balaban J connectivity index is 1.20. The van der Waals surface area contributed by atoms with Crippen LogP contribution in [0.2, 0.25) is 0 Å². The number of anilines is 2. The van der Waals surface area contributed by atoms with Crippen LogP contribution < -0.4 is 24.4 Å². The van der Waals surface area contributed by atoms with Gasteiger partial charge in [-0.25, -0.2) is 0 Å². The van der Waals surface area contributed by atoms with Crippen molar-refractivity contribution in [1.82, 2.24) is 10.2 Å². The zero-order chi connectivity index (χ0) is 21.0. The number of hydrogen-bond donors (Lipinski definition) is 1. The zero-order valence-electron chi connectivity index (χ0n) is 16.9. The van der Waals surface area contributed by atoms with Crippen LogP contribution in [0.4, 0.5) is 11.5 Å². The SMILES string of the molecule is O=C(COc1ccc2c(c1)OCO2)Nc1cccc(-c2ccc(N3CCCC3)nn2)c1. The summed E-state index contributed by atoms with van der Waals surface area (Å²) in [5.74, 6) is 2.48. The van der Waals surface area contributed by atoms with Crippen LogP contribution in [0.15, 0.2) is 54.6 Å². The normalized spacial score (nSPS) is 14.5. The summed E-state index contributed by atoms with van der Waals surface area (Å²) < 4.78 is 16.2. The van der Waals surface area contributed by atoms with E-state index in [-0.39, 0.29) is 19.3 Å². The van der Waals surface area contributed by atoms with Gasteiger partial charge in [0.25, 0.3) is 5.91 Å². The lowest BCUT2D eigenvalue weighted by molar-refractivity contribution is -0.118. The Kier molecular flexibility index (Phi) is 5.26. The Morgan fingerprint density at radius 2 is 1.87 bits per heavy atom. The number of amides is 1. The molecule has 2 aliphatic rings. The van der Waals surface area contributed by atoms with Crippen molar-refractivity contribution in [3.63, 3.8) is 0 Å². The molecule has 1 N–H and O–H groups in total. The van der Waals surface area contributed by atoms with Gasteiger partial charge in [-0.3, -0.25) is 4.79 Å². The first-order valence-electron chi connectivity index (χ1n) is 10.3. The second kappa shape index (κ2) is 8.51. The van der Waals surface area contributed by atoms with Crippen molar-refractivity contribution in [2.24, 2.45) is 0 Å². The third kappa shape index (κ3) is 4.37. The Bertz CT molecular complexity index is 1080. The topological polar surface area (TPSA) is 85.8 Å². The summed E-state index contributed by atoms with van der Waals surface area (Å²) in [6, 6.07) is 16.7. The Morgan fingerprint density at radius 3 is 2.71 bits per heavy atom. The predicted octanol–water partition coefficient (Wildman–Crippen LogP) is 3.49. The fraction of sp³-hybridized carbons (Fsp3) is 0.261. The van der Waals surface area contributed by atoms with Crippen molar-refractivity contribution in [2.45, 2.75) is 12.8 Å². The van der Waals surface area contributed by atoms with Crippen LogP contribution >= 0.6 is 0 Å². The number of benzene rings is 2. The van der Waals surface area contributed by atoms with E-state index in [1.54, 1.807) is 18.2 Å². The van der Waals surface area contributed by atoms with E-state index in [2.05, 4.69) is 20.4 Å². The Hall–Kier alpha value is -3.81. The lowest BCUT2D eigenvalue weighted by atomic mass is 10.1. The maximum absolute atomic E-state index is 12.3. The van der Waals surface area contributed by atoms with Crippen molar-refractivity contribution in [3.8, 4) is 28.5 Å². The summed E-state index contributed by atoms with van der Waals surface area (Å²) in [6.07, 6.45) is 2.40. The molecule has 2 aromatic carbocycles. The van der Waals surface area contributed by atoms with E-state index >= 15 is 0 Å². The maximum Gasteiger partial charge on any atom is 0.262 e. The summed E-state index contributed by atoms with van der Waals surface area (Å²) in [7, 11) is 0. The Morgan fingerprint density at radius 1 is 1.00 bits per heavy atom. The van der Waals surface area contributed by atoms with Crippen LogP contribution in [-0.4, -0.2) is 42.6 Å². The molecule has 1 aromatic heterocycles. The van der Waals surface area contributed by atoms with Crippen LogP contribution in [0, 0.1) is 0 Å². The van der Waals surface area contributed by atoms with Crippen LogP contribution in [0.1, 0.15) is 12.8 Å². The fourth-order valence-corrected chi connectivity index (χ4v) is 3.66. The van der Waals surface area contributed by atoms with Gasteiger partial charge >= 0.3 is 0 Å². The molecule has 8 heteroatoms. The van der Waals surface area contributed by atoms with Gasteiger partial charge in [0.2, 0.25) is 6.79 Å². The van der Waals surface area contributed by atoms with Crippen molar-refractivity contribution in [3.05, 3.63) is 54.6 Å². The van der Waals surface area contributed by atoms with Crippen molar-refractivity contribution in [1.29, 1.82) is 0 Å². The second-order valence-corrected chi connectivity index (χ2v) is 7.40. The highest BCUT2D eigenvalue weighted by molar-refractivity contribution is 5.92. The third-order valence-corrected chi connectivity index (χ3v) is 5.24. The van der Waals surface area contributed by atoms with Gasteiger partial charge in [0.1, 0.15) is 5.75 Å². The Labute approximate surface area is 179 Å². The van der Waals surface area contributed by atoms with Gasteiger partial charge < -0.3 is 24.4 Å².